The number of nitrogens with two attached hydrogens (primary N) is 4. The Bertz CT molecular complexity index is 499. The lowest BCUT2D eigenvalue weighted by atomic mass is 10.0. The topological polar surface area (TPSA) is 104 Å². The van der Waals surface area contributed by atoms with Gasteiger partial charge in [-0.3, -0.25) is 0 Å². The summed E-state index contributed by atoms with van der Waals surface area (Å²) < 4.78 is 0. The van der Waals surface area contributed by atoms with E-state index in [1.165, 1.54) is 0 Å². The molecular formula is C12H18Cl4N4. The second kappa shape index (κ2) is 9.66. The van der Waals surface area contributed by atoms with Crippen LogP contribution in [0.4, 0.5) is 22.7 Å². The van der Waals surface area contributed by atoms with Crippen LogP contribution in [0.1, 0.15) is 0 Å². The van der Waals surface area contributed by atoms with E-state index < -0.39 is 0 Å². The largest absolute Gasteiger partial charge is 0.397 e. The molecule has 0 amide bonds. The van der Waals surface area contributed by atoms with Crippen LogP contribution in [0, 0.1) is 0 Å². The Morgan fingerprint density at radius 3 is 1.00 bits per heavy atom. The Morgan fingerprint density at radius 2 is 0.750 bits per heavy atom. The normalized spacial score (nSPS) is 8.20. The van der Waals surface area contributed by atoms with Crippen molar-refractivity contribution in [1.82, 2.24) is 0 Å². The van der Waals surface area contributed by atoms with E-state index in [0.717, 1.165) is 11.1 Å². The van der Waals surface area contributed by atoms with Gasteiger partial charge in [0.2, 0.25) is 0 Å². The molecule has 0 heterocycles. The van der Waals surface area contributed by atoms with Gasteiger partial charge < -0.3 is 22.9 Å². The molecule has 0 spiro atoms. The zero-order chi connectivity index (χ0) is 11.7. The van der Waals surface area contributed by atoms with Crippen molar-refractivity contribution in [3.8, 4) is 11.1 Å². The number of halogens is 4. The SMILES string of the molecule is Cl.Cl.Cl.Cl.Nc1ccc(-c2ccc(N)c(N)c2)cc1N. The summed E-state index contributed by atoms with van der Waals surface area (Å²) in [6.07, 6.45) is 0. The third kappa shape index (κ3) is 5.06. The van der Waals surface area contributed by atoms with E-state index in [-0.39, 0.29) is 49.6 Å². The number of nitrogen functional groups attached to an aromatic ring is 4. The van der Waals surface area contributed by atoms with Crippen molar-refractivity contribution in [2.75, 3.05) is 22.9 Å². The van der Waals surface area contributed by atoms with Crippen LogP contribution in [0.2, 0.25) is 0 Å². The number of benzene rings is 2. The van der Waals surface area contributed by atoms with E-state index in [1.807, 2.05) is 24.3 Å². The van der Waals surface area contributed by atoms with Gasteiger partial charge in [0.25, 0.3) is 0 Å². The molecule has 0 aliphatic rings. The average molecular weight is 360 g/mol. The molecule has 114 valence electrons. The van der Waals surface area contributed by atoms with E-state index in [0.29, 0.717) is 22.7 Å². The number of rotatable bonds is 1. The third-order valence-corrected chi connectivity index (χ3v) is 2.51. The minimum absolute atomic E-state index is 0. The Morgan fingerprint density at radius 1 is 0.450 bits per heavy atom. The number of hydrogen-bond acceptors (Lipinski definition) is 4. The lowest BCUT2D eigenvalue weighted by Gasteiger charge is -2.07. The number of anilines is 4. The summed E-state index contributed by atoms with van der Waals surface area (Å²) in [5, 5.41) is 0. The minimum atomic E-state index is 0. The molecule has 0 atom stereocenters. The van der Waals surface area contributed by atoms with Gasteiger partial charge in [-0.2, -0.15) is 0 Å². The molecule has 0 aromatic heterocycles. The molecule has 0 radical (unpaired) electrons. The Labute approximate surface area is 142 Å². The van der Waals surface area contributed by atoms with Crippen LogP contribution in [0.3, 0.4) is 0 Å². The van der Waals surface area contributed by atoms with E-state index >= 15 is 0 Å². The van der Waals surface area contributed by atoms with Crippen LogP contribution < -0.4 is 22.9 Å². The van der Waals surface area contributed by atoms with Gasteiger partial charge in [0.05, 0.1) is 22.7 Å². The number of hydrogen-bond donors (Lipinski definition) is 4. The predicted molar refractivity (Wildman–Crippen MR) is 98.5 cm³/mol. The first-order valence-corrected chi connectivity index (χ1v) is 4.88. The van der Waals surface area contributed by atoms with Gasteiger partial charge in [-0.25, -0.2) is 0 Å². The van der Waals surface area contributed by atoms with Crippen LogP contribution >= 0.6 is 49.6 Å². The third-order valence-electron chi connectivity index (χ3n) is 2.51. The molecule has 2 rings (SSSR count). The molecule has 20 heavy (non-hydrogen) atoms. The summed E-state index contributed by atoms with van der Waals surface area (Å²) in [6, 6.07) is 11.0. The highest BCUT2D eigenvalue weighted by molar-refractivity contribution is 5.86. The minimum Gasteiger partial charge on any atom is -0.397 e. The van der Waals surface area contributed by atoms with Gasteiger partial charge in [-0.15, -0.1) is 49.6 Å². The molecule has 2 aromatic carbocycles. The maximum absolute atomic E-state index is 5.74. The van der Waals surface area contributed by atoms with Crippen LogP contribution in [-0.4, -0.2) is 0 Å². The average Bonchev–Trinajstić information content (AvgIpc) is 2.26. The van der Waals surface area contributed by atoms with Gasteiger partial charge >= 0.3 is 0 Å². The Hall–Kier alpha value is -1.20. The van der Waals surface area contributed by atoms with E-state index in [2.05, 4.69) is 0 Å². The molecule has 0 unspecified atom stereocenters. The lowest BCUT2D eigenvalue weighted by Crippen LogP contribution is -1.96. The molecule has 4 nitrogen and oxygen atoms in total. The van der Waals surface area contributed by atoms with E-state index in [9.17, 15) is 0 Å². The van der Waals surface area contributed by atoms with Crippen LogP contribution in [0.15, 0.2) is 36.4 Å². The van der Waals surface area contributed by atoms with Crippen molar-refractivity contribution in [2.45, 2.75) is 0 Å². The zero-order valence-electron chi connectivity index (χ0n) is 10.4. The first kappa shape index (κ1) is 23.9. The predicted octanol–water partition coefficient (Wildman–Crippen LogP) is 3.37. The van der Waals surface area contributed by atoms with Gasteiger partial charge in [0, 0.05) is 0 Å². The standard InChI is InChI=1S/C12H14N4.4ClH/c13-9-3-1-7(5-11(9)15)8-2-4-10(14)12(16)6-8;;;;/h1-6H,13-16H2;4*1H. The van der Waals surface area contributed by atoms with E-state index in [4.69, 9.17) is 22.9 Å². The Kier molecular flexibility index (Phi) is 11.5. The van der Waals surface area contributed by atoms with Crippen molar-refractivity contribution < 1.29 is 0 Å². The van der Waals surface area contributed by atoms with Crippen molar-refractivity contribution in [3.05, 3.63) is 36.4 Å². The summed E-state index contributed by atoms with van der Waals surface area (Å²) in [5.74, 6) is 0. The molecule has 0 aliphatic heterocycles. The molecule has 0 saturated carbocycles. The molecule has 0 saturated heterocycles. The van der Waals surface area contributed by atoms with Gasteiger partial charge in [-0.1, -0.05) is 12.1 Å². The molecule has 8 heteroatoms. The highest BCUT2D eigenvalue weighted by Gasteiger charge is 2.02. The van der Waals surface area contributed by atoms with Gasteiger partial charge in [0.1, 0.15) is 0 Å². The van der Waals surface area contributed by atoms with Crippen LogP contribution in [0.25, 0.3) is 11.1 Å². The van der Waals surface area contributed by atoms with Crippen molar-refractivity contribution in [2.24, 2.45) is 0 Å². The van der Waals surface area contributed by atoms with Gasteiger partial charge in [0.15, 0.2) is 0 Å². The quantitative estimate of drug-likeness (QED) is 0.586. The highest BCUT2D eigenvalue weighted by atomic mass is 35.5. The second-order valence-electron chi connectivity index (χ2n) is 3.69. The monoisotopic (exact) mass is 358 g/mol. The molecule has 8 N–H and O–H groups in total. The summed E-state index contributed by atoms with van der Waals surface area (Å²) in [4.78, 5) is 0. The fourth-order valence-electron chi connectivity index (χ4n) is 1.51. The van der Waals surface area contributed by atoms with Crippen molar-refractivity contribution in [3.63, 3.8) is 0 Å². The summed E-state index contributed by atoms with van der Waals surface area (Å²) in [7, 11) is 0. The lowest BCUT2D eigenvalue weighted by molar-refractivity contribution is 1.60. The summed E-state index contributed by atoms with van der Waals surface area (Å²) >= 11 is 0. The van der Waals surface area contributed by atoms with Gasteiger partial charge in [-0.05, 0) is 35.4 Å². The summed E-state index contributed by atoms with van der Waals surface area (Å²) in [6.45, 7) is 0. The first-order valence-electron chi connectivity index (χ1n) is 4.88. The van der Waals surface area contributed by atoms with Crippen molar-refractivity contribution >= 4 is 72.4 Å². The molecule has 0 fully saturated rings. The van der Waals surface area contributed by atoms with Crippen LogP contribution in [0.5, 0.6) is 0 Å². The highest BCUT2D eigenvalue weighted by Crippen LogP contribution is 2.28. The molecule has 2 aromatic rings. The van der Waals surface area contributed by atoms with Crippen LogP contribution in [-0.2, 0) is 0 Å². The van der Waals surface area contributed by atoms with Crippen molar-refractivity contribution in [1.29, 1.82) is 0 Å². The zero-order valence-corrected chi connectivity index (χ0v) is 13.7. The smallest absolute Gasteiger partial charge is 0.0554 e. The van der Waals surface area contributed by atoms with E-state index in [1.54, 1.807) is 12.1 Å². The molecular weight excluding hydrogens is 342 g/mol. The first-order chi connectivity index (χ1) is 7.58. The fourth-order valence-corrected chi connectivity index (χ4v) is 1.51. The second-order valence-corrected chi connectivity index (χ2v) is 3.69. The summed E-state index contributed by atoms with van der Waals surface area (Å²) in [5.41, 5.74) is 27.0. The maximum Gasteiger partial charge on any atom is 0.0554 e. The fraction of sp³-hybridized carbons (Fsp3) is 0. The molecule has 0 aliphatic carbocycles. The molecule has 0 bridgehead atoms. The maximum atomic E-state index is 5.74. The Balaban J connectivity index is -0.000000722.